The summed E-state index contributed by atoms with van der Waals surface area (Å²) in [7, 11) is -3.89. The van der Waals surface area contributed by atoms with E-state index in [9.17, 15) is 8.42 Å². The summed E-state index contributed by atoms with van der Waals surface area (Å²) in [4.78, 5) is 5.05. The molecule has 64 heavy (non-hydrogen) atoms. The number of nitrogens with zero attached hydrogens (tertiary/aromatic N) is 2. The molecule has 6 nitrogen and oxygen atoms in total. The second-order valence-electron chi connectivity index (χ2n) is 15.9. The van der Waals surface area contributed by atoms with Crippen molar-refractivity contribution in [1.29, 1.82) is 0 Å². The Hall–Kier alpha value is -5.58. The van der Waals surface area contributed by atoms with Crippen molar-refractivity contribution in [2.24, 2.45) is 5.92 Å². The molecule has 326 valence electrons. The number of sulfonamides is 1. The molecule has 0 spiro atoms. The summed E-state index contributed by atoms with van der Waals surface area (Å²) >= 11 is 3.66. The monoisotopic (exact) mass is 902 g/mol. The van der Waals surface area contributed by atoms with Crippen LogP contribution < -0.4 is 19.6 Å². The van der Waals surface area contributed by atoms with Gasteiger partial charge in [-0.25, -0.2) is 13.1 Å². The predicted molar refractivity (Wildman–Crippen MR) is 271 cm³/mol. The molecule has 8 rings (SSSR count). The molecule has 2 aliphatic rings. The Balaban J connectivity index is 1.28. The molecule has 6 aromatic carbocycles. The lowest BCUT2D eigenvalue weighted by molar-refractivity contribution is 0.444. The molecule has 6 aromatic rings. The molecule has 1 unspecified atom stereocenters. The van der Waals surface area contributed by atoms with Crippen LogP contribution in [-0.2, 0) is 10.0 Å². The molecule has 0 saturated carbocycles. The van der Waals surface area contributed by atoms with Crippen LogP contribution in [0.5, 0.6) is 0 Å². The van der Waals surface area contributed by atoms with Gasteiger partial charge in [0, 0.05) is 86.4 Å². The zero-order valence-corrected chi connectivity index (χ0v) is 39.1. The number of thioether (sulfide) groups is 2. The fourth-order valence-electron chi connectivity index (χ4n) is 8.22. The number of fused-ring (bicyclic) bond motifs is 2. The highest BCUT2D eigenvalue weighted by Crippen LogP contribution is 2.43. The summed E-state index contributed by atoms with van der Waals surface area (Å²) in [6.07, 6.45) is 4.07. The van der Waals surface area contributed by atoms with E-state index in [1.165, 1.54) is 9.79 Å². The maximum atomic E-state index is 14.4. The topological polar surface area (TPSA) is 65.6 Å². The largest absolute Gasteiger partial charge is 0.456 e. The third kappa shape index (κ3) is 11.0. The van der Waals surface area contributed by atoms with E-state index in [4.69, 9.17) is 4.42 Å². The number of benzene rings is 7. The van der Waals surface area contributed by atoms with Crippen LogP contribution in [0.3, 0.4) is 0 Å². The van der Waals surface area contributed by atoms with Gasteiger partial charge in [-0.3, -0.25) is 0 Å². The van der Waals surface area contributed by atoms with Gasteiger partial charge >= 0.3 is 0 Å². The number of anilines is 2. The number of nitrogens with one attached hydrogen (secondary N) is 1. The zero-order chi connectivity index (χ0) is 44.1. The van der Waals surface area contributed by atoms with Gasteiger partial charge in [0.1, 0.15) is 11.3 Å². The van der Waals surface area contributed by atoms with E-state index in [0.717, 1.165) is 89.2 Å². The average molecular weight is 903 g/mol. The van der Waals surface area contributed by atoms with Crippen LogP contribution in [0.15, 0.2) is 201 Å². The van der Waals surface area contributed by atoms with Crippen molar-refractivity contribution < 1.29 is 12.8 Å². The Kier molecular flexibility index (Phi) is 15.4. The molecule has 0 amide bonds. The molecule has 1 aliphatic heterocycles. The van der Waals surface area contributed by atoms with E-state index in [2.05, 4.69) is 162 Å². The van der Waals surface area contributed by atoms with E-state index in [0.29, 0.717) is 23.5 Å². The van der Waals surface area contributed by atoms with Gasteiger partial charge in [-0.1, -0.05) is 124 Å². The lowest BCUT2D eigenvalue weighted by Crippen LogP contribution is -2.29. The molecule has 0 fully saturated rings. The van der Waals surface area contributed by atoms with Crippen LogP contribution in [0.2, 0.25) is 0 Å². The minimum Gasteiger partial charge on any atom is -0.456 e. The number of rotatable bonds is 20. The first-order valence-electron chi connectivity index (χ1n) is 22.4. The van der Waals surface area contributed by atoms with E-state index in [1.54, 1.807) is 6.07 Å². The highest BCUT2D eigenvalue weighted by Gasteiger charge is 2.26. The third-order valence-electron chi connectivity index (χ3n) is 11.7. The van der Waals surface area contributed by atoms with Gasteiger partial charge in [0.15, 0.2) is 6.54 Å². The molecule has 9 heteroatoms. The van der Waals surface area contributed by atoms with Crippen molar-refractivity contribution in [3.05, 3.63) is 187 Å². The molecule has 1 aliphatic carbocycles. The summed E-state index contributed by atoms with van der Waals surface area (Å²) in [6.45, 7) is 6.24. The van der Waals surface area contributed by atoms with Gasteiger partial charge in [0.05, 0.1) is 16.7 Å². The van der Waals surface area contributed by atoms with E-state index >= 15 is 0 Å². The van der Waals surface area contributed by atoms with E-state index in [-0.39, 0.29) is 10.8 Å². The second-order valence-corrected chi connectivity index (χ2v) is 20.0. The van der Waals surface area contributed by atoms with E-state index < -0.39 is 10.0 Å². The quantitative estimate of drug-likeness (QED) is 0.0467. The number of hydrogen-bond acceptors (Lipinski definition) is 6. The Morgan fingerprint density at radius 2 is 1.30 bits per heavy atom. The first-order valence-corrected chi connectivity index (χ1v) is 25.8. The van der Waals surface area contributed by atoms with E-state index in [1.807, 2.05) is 66.0 Å². The van der Waals surface area contributed by atoms with Crippen molar-refractivity contribution >= 4 is 61.6 Å². The second kappa shape index (κ2) is 21.9. The summed E-state index contributed by atoms with van der Waals surface area (Å²) in [6, 6.07) is 62.0. The van der Waals surface area contributed by atoms with Gasteiger partial charge in [-0.2, -0.15) is 4.58 Å². The SMILES string of the molecule is CCCCC(CC)CNS(=O)(=O)c1ccccc1-c1c2ccc(=[N+](CCSc3ccccc3)c3ccccc3)cc-2oc2cc(N(CCSc3ccccc3)c3ccccc3)ccc12. The smallest absolute Gasteiger partial charge is 0.241 e. The van der Waals surface area contributed by atoms with Crippen LogP contribution in [0, 0.1) is 5.92 Å². The molecular formula is C55H56N3O3S3+. The molecule has 0 radical (unpaired) electrons. The summed E-state index contributed by atoms with van der Waals surface area (Å²) in [5, 5.41) is 1.83. The molecule has 0 aromatic heterocycles. The number of para-hydroxylation sites is 2. The minimum atomic E-state index is -3.89. The maximum absolute atomic E-state index is 14.4. The molecule has 1 atom stereocenters. The van der Waals surface area contributed by atoms with Gasteiger partial charge in [-0.15, -0.1) is 23.5 Å². The van der Waals surface area contributed by atoms with Crippen LogP contribution in [0.1, 0.15) is 39.5 Å². The highest BCUT2D eigenvalue weighted by molar-refractivity contribution is 7.99. The van der Waals surface area contributed by atoms with Crippen LogP contribution >= 0.6 is 23.5 Å². The fourth-order valence-corrected chi connectivity index (χ4v) is 11.3. The zero-order valence-electron chi connectivity index (χ0n) is 36.6. The average Bonchev–Trinajstić information content (AvgIpc) is 3.34. The summed E-state index contributed by atoms with van der Waals surface area (Å²) < 4.78 is 41.3. The van der Waals surface area contributed by atoms with Crippen LogP contribution in [0.4, 0.5) is 17.1 Å². The first-order chi connectivity index (χ1) is 31.4. The van der Waals surface area contributed by atoms with Gasteiger partial charge in [0.2, 0.25) is 21.1 Å². The molecule has 0 saturated heterocycles. The van der Waals surface area contributed by atoms with Gasteiger partial charge in [-0.05, 0) is 73.0 Å². The number of unbranched alkanes of at least 4 members (excludes halogenated alkanes) is 1. The lowest BCUT2D eigenvalue weighted by Gasteiger charge is -2.26. The van der Waals surface area contributed by atoms with Crippen molar-refractivity contribution in [3.8, 4) is 22.5 Å². The van der Waals surface area contributed by atoms with Crippen LogP contribution in [0.25, 0.3) is 33.4 Å². The standard InChI is InChI=1S/C55H56N3O3S3/c1-3-5-20-42(4-2)41-56-64(59,60)54-30-19-18-29-51(54)55-49-33-31-45(57(43-21-10-6-11-22-43)35-37-62-47-25-14-8-15-26-47)39-52(49)61-53-40-46(32-34-50(53)55)58(44-23-12-7-13-24-44)36-38-63-48-27-16-9-17-28-48/h6-19,21-34,39-40,42,56H,3-5,20,35-38,41H2,1-2H3/q+1. The molecule has 0 bridgehead atoms. The number of hydrogen-bond donors (Lipinski definition) is 1. The summed E-state index contributed by atoms with van der Waals surface area (Å²) in [5.41, 5.74) is 6.13. The maximum Gasteiger partial charge on any atom is 0.241 e. The van der Waals surface area contributed by atoms with Crippen molar-refractivity contribution in [3.63, 3.8) is 0 Å². The first kappa shape index (κ1) is 45.0. The third-order valence-corrected chi connectivity index (χ3v) is 15.1. The van der Waals surface area contributed by atoms with Crippen LogP contribution in [-0.4, -0.2) is 39.6 Å². The molecule has 1 heterocycles. The van der Waals surface area contributed by atoms with Gasteiger partial charge in [0.25, 0.3) is 0 Å². The Morgan fingerprint density at radius 1 is 0.656 bits per heavy atom. The summed E-state index contributed by atoms with van der Waals surface area (Å²) in [5.74, 6) is 2.68. The van der Waals surface area contributed by atoms with Crippen molar-refractivity contribution in [1.82, 2.24) is 9.30 Å². The Morgan fingerprint density at radius 3 is 1.98 bits per heavy atom. The predicted octanol–water partition coefficient (Wildman–Crippen LogP) is 13.5. The lowest BCUT2D eigenvalue weighted by atomic mass is 9.93. The van der Waals surface area contributed by atoms with Crippen molar-refractivity contribution in [2.75, 3.05) is 36.0 Å². The Bertz CT molecular complexity index is 2890. The van der Waals surface area contributed by atoms with Crippen molar-refractivity contribution in [2.45, 2.75) is 54.2 Å². The Labute approximate surface area is 387 Å². The van der Waals surface area contributed by atoms with Gasteiger partial charge < -0.3 is 9.32 Å². The highest BCUT2D eigenvalue weighted by atomic mass is 32.2. The minimum absolute atomic E-state index is 0.259. The normalized spacial score (nSPS) is 12.7. The fraction of sp³-hybridized carbons (Fsp3) is 0.218. The molecular weight excluding hydrogens is 847 g/mol. The molecule has 1 N–H and O–H groups in total.